The van der Waals surface area contributed by atoms with Crippen LogP contribution in [0.2, 0.25) is 5.02 Å². The van der Waals surface area contributed by atoms with Crippen molar-refractivity contribution < 1.29 is 9.59 Å². The molecule has 1 amide bonds. The molecule has 3 aromatic rings. The van der Waals surface area contributed by atoms with E-state index in [0.29, 0.717) is 22.1 Å². The highest BCUT2D eigenvalue weighted by Gasteiger charge is 2.14. The number of aromatic nitrogens is 3. The van der Waals surface area contributed by atoms with Crippen LogP contribution in [0, 0.1) is 0 Å². The third-order valence-electron chi connectivity index (χ3n) is 3.38. The highest BCUT2D eigenvalue weighted by Crippen LogP contribution is 2.15. The molecule has 0 fully saturated rings. The Bertz CT molecular complexity index is 903. The third-order valence-corrected chi connectivity index (χ3v) is 3.62. The van der Waals surface area contributed by atoms with Gasteiger partial charge in [0.25, 0.3) is 5.91 Å². The quantitative estimate of drug-likeness (QED) is 0.741. The molecule has 0 aliphatic carbocycles. The zero-order valence-electron chi connectivity index (χ0n) is 12.7. The molecule has 0 spiro atoms. The molecule has 7 heteroatoms. The van der Waals surface area contributed by atoms with Crippen molar-refractivity contribution in [2.45, 2.75) is 0 Å². The number of nitrogens with one attached hydrogen (secondary N) is 1. The van der Waals surface area contributed by atoms with E-state index >= 15 is 0 Å². The molecule has 3 rings (SSSR count). The van der Waals surface area contributed by atoms with Crippen molar-refractivity contribution in [3.05, 3.63) is 77.1 Å². The third kappa shape index (κ3) is 3.33. The summed E-state index contributed by atoms with van der Waals surface area (Å²) in [6.07, 6.45) is 4.74. The topological polar surface area (TPSA) is 76.9 Å². The van der Waals surface area contributed by atoms with E-state index in [4.69, 9.17) is 11.6 Å². The first-order chi connectivity index (χ1) is 11.5. The van der Waals surface area contributed by atoms with Gasteiger partial charge in [0.05, 0.1) is 0 Å². The van der Waals surface area contributed by atoms with Crippen LogP contribution in [-0.2, 0) is 7.05 Å². The number of rotatable bonds is 4. The molecule has 120 valence electrons. The van der Waals surface area contributed by atoms with E-state index in [1.165, 1.54) is 12.3 Å². The Balaban J connectivity index is 1.74. The van der Waals surface area contributed by atoms with E-state index < -0.39 is 0 Å². The van der Waals surface area contributed by atoms with Crippen LogP contribution in [0.1, 0.15) is 26.7 Å². The van der Waals surface area contributed by atoms with Gasteiger partial charge in [0, 0.05) is 41.9 Å². The summed E-state index contributed by atoms with van der Waals surface area (Å²) in [5.41, 5.74) is 1.26. The Morgan fingerprint density at radius 3 is 2.46 bits per heavy atom. The van der Waals surface area contributed by atoms with Crippen LogP contribution in [0.25, 0.3) is 0 Å². The number of anilines is 1. The number of imidazole rings is 1. The summed E-state index contributed by atoms with van der Waals surface area (Å²) in [6, 6.07) is 9.65. The average molecular weight is 341 g/mol. The Kier molecular flexibility index (Phi) is 4.39. The maximum Gasteiger partial charge on any atom is 0.274 e. The smallest absolute Gasteiger partial charge is 0.274 e. The van der Waals surface area contributed by atoms with Gasteiger partial charge in [-0.2, -0.15) is 0 Å². The van der Waals surface area contributed by atoms with Crippen molar-refractivity contribution in [3.63, 3.8) is 0 Å². The summed E-state index contributed by atoms with van der Waals surface area (Å²) < 4.78 is 1.66. The van der Waals surface area contributed by atoms with Crippen LogP contribution < -0.4 is 5.32 Å². The van der Waals surface area contributed by atoms with Gasteiger partial charge in [0.1, 0.15) is 5.69 Å². The van der Waals surface area contributed by atoms with Crippen LogP contribution in [0.5, 0.6) is 0 Å². The minimum absolute atomic E-state index is 0.183. The zero-order chi connectivity index (χ0) is 17.1. The van der Waals surface area contributed by atoms with Gasteiger partial charge in [-0.05, 0) is 36.4 Å². The molecule has 2 heterocycles. The highest BCUT2D eigenvalue weighted by molar-refractivity contribution is 6.30. The van der Waals surface area contributed by atoms with E-state index in [1.54, 1.807) is 54.3 Å². The van der Waals surface area contributed by atoms with Crippen molar-refractivity contribution in [1.82, 2.24) is 14.5 Å². The summed E-state index contributed by atoms with van der Waals surface area (Å²) in [7, 11) is 1.76. The number of amides is 1. The molecule has 0 aliphatic heterocycles. The molecule has 2 aromatic heterocycles. The van der Waals surface area contributed by atoms with Crippen molar-refractivity contribution in [1.29, 1.82) is 0 Å². The second-order valence-corrected chi connectivity index (χ2v) is 5.52. The second-order valence-electron chi connectivity index (χ2n) is 5.08. The SMILES string of the molecule is Cn1ccnc1C(=O)c1ccc(NC(=O)c2cc(Cl)ccn2)cc1. The Morgan fingerprint density at radius 2 is 1.83 bits per heavy atom. The number of ketones is 1. The van der Waals surface area contributed by atoms with E-state index in [1.807, 2.05) is 0 Å². The number of hydrogen-bond acceptors (Lipinski definition) is 4. The minimum Gasteiger partial charge on any atom is -0.331 e. The lowest BCUT2D eigenvalue weighted by Gasteiger charge is -2.06. The number of carbonyl (C=O) groups excluding carboxylic acids is 2. The lowest BCUT2D eigenvalue weighted by Crippen LogP contribution is -2.14. The predicted octanol–water partition coefficient (Wildman–Crippen LogP) is 2.95. The number of hydrogen-bond donors (Lipinski definition) is 1. The van der Waals surface area contributed by atoms with Crippen LogP contribution >= 0.6 is 11.6 Å². The number of aryl methyl sites for hydroxylation is 1. The number of nitrogens with zero attached hydrogens (tertiary/aromatic N) is 3. The molecule has 24 heavy (non-hydrogen) atoms. The largest absolute Gasteiger partial charge is 0.331 e. The molecule has 0 saturated heterocycles. The first-order valence-corrected chi connectivity index (χ1v) is 7.47. The van der Waals surface area contributed by atoms with E-state index in [9.17, 15) is 9.59 Å². The molecular weight excluding hydrogens is 328 g/mol. The number of halogens is 1. The minimum atomic E-state index is -0.374. The van der Waals surface area contributed by atoms with Crippen molar-refractivity contribution in [2.75, 3.05) is 5.32 Å². The Hall–Kier alpha value is -2.99. The Labute approximate surface area is 143 Å². The molecule has 0 bridgehead atoms. The first kappa shape index (κ1) is 15.9. The molecule has 6 nitrogen and oxygen atoms in total. The summed E-state index contributed by atoms with van der Waals surface area (Å²) in [5.74, 6) is -0.201. The highest BCUT2D eigenvalue weighted by atomic mass is 35.5. The van der Waals surface area contributed by atoms with Crippen LogP contribution in [0.4, 0.5) is 5.69 Å². The molecule has 0 radical (unpaired) electrons. The maximum absolute atomic E-state index is 12.3. The van der Waals surface area contributed by atoms with Gasteiger partial charge in [-0.15, -0.1) is 0 Å². The summed E-state index contributed by atoms with van der Waals surface area (Å²) >= 11 is 5.84. The van der Waals surface area contributed by atoms with E-state index in [2.05, 4.69) is 15.3 Å². The molecule has 0 aliphatic rings. The monoisotopic (exact) mass is 340 g/mol. The fourth-order valence-electron chi connectivity index (χ4n) is 2.14. The molecular formula is C17H13ClN4O2. The Morgan fingerprint density at radius 1 is 1.08 bits per heavy atom. The summed E-state index contributed by atoms with van der Waals surface area (Å²) in [6.45, 7) is 0. The van der Waals surface area contributed by atoms with E-state index in [0.717, 1.165) is 0 Å². The maximum atomic E-state index is 12.3. The van der Waals surface area contributed by atoms with Gasteiger partial charge in [0.2, 0.25) is 5.78 Å². The van der Waals surface area contributed by atoms with Crippen molar-refractivity contribution >= 4 is 29.0 Å². The lowest BCUT2D eigenvalue weighted by molar-refractivity contribution is 0.101. The van der Waals surface area contributed by atoms with E-state index in [-0.39, 0.29) is 17.4 Å². The summed E-state index contributed by atoms with van der Waals surface area (Å²) in [5, 5.41) is 3.14. The standard InChI is InChI=1S/C17H13ClN4O2/c1-22-9-8-20-16(22)15(23)11-2-4-13(5-3-11)21-17(24)14-10-12(18)6-7-19-14/h2-10H,1H3,(H,21,24). The fourth-order valence-corrected chi connectivity index (χ4v) is 2.30. The van der Waals surface area contributed by atoms with Gasteiger partial charge < -0.3 is 9.88 Å². The average Bonchev–Trinajstić information content (AvgIpc) is 3.01. The normalized spacial score (nSPS) is 10.4. The van der Waals surface area contributed by atoms with Crippen LogP contribution in [0.3, 0.4) is 0 Å². The van der Waals surface area contributed by atoms with Gasteiger partial charge in [-0.3, -0.25) is 14.6 Å². The molecule has 0 atom stereocenters. The van der Waals surface area contributed by atoms with Crippen molar-refractivity contribution in [3.8, 4) is 0 Å². The van der Waals surface area contributed by atoms with Gasteiger partial charge in [-0.1, -0.05) is 11.6 Å². The van der Waals surface area contributed by atoms with Gasteiger partial charge in [-0.25, -0.2) is 4.98 Å². The lowest BCUT2D eigenvalue weighted by atomic mass is 10.1. The number of benzene rings is 1. The second kappa shape index (κ2) is 6.64. The first-order valence-electron chi connectivity index (χ1n) is 7.09. The van der Waals surface area contributed by atoms with Crippen LogP contribution in [0.15, 0.2) is 55.0 Å². The van der Waals surface area contributed by atoms with Gasteiger partial charge in [0.15, 0.2) is 5.82 Å². The zero-order valence-corrected chi connectivity index (χ0v) is 13.5. The predicted molar refractivity (Wildman–Crippen MR) is 90.3 cm³/mol. The van der Waals surface area contributed by atoms with Crippen LogP contribution in [-0.4, -0.2) is 26.2 Å². The fraction of sp³-hybridized carbons (Fsp3) is 0.0588. The molecule has 1 N–H and O–H groups in total. The molecule has 1 aromatic carbocycles. The molecule has 0 unspecified atom stereocenters. The number of pyridine rings is 1. The van der Waals surface area contributed by atoms with Gasteiger partial charge >= 0.3 is 0 Å². The van der Waals surface area contributed by atoms with Crippen molar-refractivity contribution in [2.24, 2.45) is 7.05 Å². The number of carbonyl (C=O) groups is 2. The summed E-state index contributed by atoms with van der Waals surface area (Å²) in [4.78, 5) is 32.4. The molecule has 0 saturated carbocycles.